The standard InChI is InChI=1S/C24H29N3O8S/c1-15-5-11-18(12-6-15)36(32,33)34-14-19-21(22(30)26-19)27(16-7-9-17(28)10-8-16)20(29)13-25-23(31)35-24(2,3)4/h5-12,19,21,28H,13-14H2,1-4H3,(H,25,31)(H,26,30). The number of rotatable bonds is 8. The maximum atomic E-state index is 13.1. The van der Waals surface area contributed by atoms with Gasteiger partial charge in [0.05, 0.1) is 17.5 Å². The van der Waals surface area contributed by atoms with Gasteiger partial charge in [0.25, 0.3) is 10.1 Å². The van der Waals surface area contributed by atoms with Crippen LogP contribution in [0.15, 0.2) is 53.4 Å². The highest BCUT2D eigenvalue weighted by Gasteiger charge is 2.47. The van der Waals surface area contributed by atoms with Crippen molar-refractivity contribution in [1.29, 1.82) is 0 Å². The van der Waals surface area contributed by atoms with Gasteiger partial charge >= 0.3 is 6.09 Å². The molecule has 11 nitrogen and oxygen atoms in total. The summed E-state index contributed by atoms with van der Waals surface area (Å²) in [6.07, 6.45) is -0.816. The number of nitrogens with zero attached hydrogens (tertiary/aromatic N) is 1. The molecule has 1 saturated heterocycles. The van der Waals surface area contributed by atoms with E-state index in [-0.39, 0.29) is 16.3 Å². The van der Waals surface area contributed by atoms with Crippen LogP contribution in [0, 0.1) is 6.92 Å². The number of aryl methyl sites for hydroxylation is 1. The van der Waals surface area contributed by atoms with E-state index in [1.807, 2.05) is 6.92 Å². The van der Waals surface area contributed by atoms with Gasteiger partial charge < -0.3 is 20.5 Å². The van der Waals surface area contributed by atoms with Crippen LogP contribution >= 0.6 is 0 Å². The Labute approximate surface area is 209 Å². The van der Waals surface area contributed by atoms with Crippen LogP contribution in [0.5, 0.6) is 5.75 Å². The highest BCUT2D eigenvalue weighted by atomic mass is 32.2. The van der Waals surface area contributed by atoms with E-state index >= 15 is 0 Å². The third-order valence-electron chi connectivity index (χ3n) is 5.15. The Hall–Kier alpha value is -3.64. The Balaban J connectivity index is 1.77. The number of ether oxygens (including phenoxy) is 1. The zero-order valence-corrected chi connectivity index (χ0v) is 21.2. The molecular weight excluding hydrogens is 490 g/mol. The fourth-order valence-corrected chi connectivity index (χ4v) is 4.35. The molecule has 1 heterocycles. The summed E-state index contributed by atoms with van der Waals surface area (Å²) in [6, 6.07) is 9.64. The van der Waals surface area contributed by atoms with Crippen molar-refractivity contribution in [3.8, 4) is 5.75 Å². The van der Waals surface area contributed by atoms with Gasteiger partial charge in [-0.25, -0.2) is 4.79 Å². The molecule has 2 atom stereocenters. The lowest BCUT2D eigenvalue weighted by Gasteiger charge is -2.43. The molecule has 3 amide bonds. The molecule has 12 heteroatoms. The lowest BCUT2D eigenvalue weighted by atomic mass is 9.97. The van der Waals surface area contributed by atoms with Crippen LogP contribution in [-0.2, 0) is 28.6 Å². The van der Waals surface area contributed by atoms with Crippen LogP contribution in [0.25, 0.3) is 0 Å². The molecule has 1 aliphatic rings. The minimum atomic E-state index is -4.11. The van der Waals surface area contributed by atoms with Crippen molar-refractivity contribution in [3.05, 3.63) is 54.1 Å². The number of amides is 3. The third kappa shape index (κ3) is 6.73. The molecule has 0 aromatic heterocycles. The monoisotopic (exact) mass is 519 g/mol. The lowest BCUT2D eigenvalue weighted by Crippen LogP contribution is -2.72. The minimum Gasteiger partial charge on any atom is -0.508 e. The number of hydrogen-bond donors (Lipinski definition) is 3. The fourth-order valence-electron chi connectivity index (χ4n) is 3.42. The molecule has 2 unspecified atom stereocenters. The molecule has 3 N–H and O–H groups in total. The topological polar surface area (TPSA) is 151 Å². The SMILES string of the molecule is Cc1ccc(S(=O)(=O)OCC2NC(=O)C2N(C(=O)CNC(=O)OC(C)(C)C)c2ccc(O)cc2)cc1. The highest BCUT2D eigenvalue weighted by Crippen LogP contribution is 2.26. The summed E-state index contributed by atoms with van der Waals surface area (Å²) in [4.78, 5) is 38.7. The summed E-state index contributed by atoms with van der Waals surface area (Å²) in [5.41, 5.74) is 0.363. The quantitative estimate of drug-likeness (QED) is 0.353. The zero-order chi connectivity index (χ0) is 26.7. The second-order valence-corrected chi connectivity index (χ2v) is 10.9. The zero-order valence-electron chi connectivity index (χ0n) is 20.3. The molecule has 2 aromatic carbocycles. The molecule has 0 saturated carbocycles. The number of benzene rings is 2. The van der Waals surface area contributed by atoms with E-state index in [1.165, 1.54) is 36.4 Å². The Morgan fingerprint density at radius 2 is 1.69 bits per heavy atom. The van der Waals surface area contributed by atoms with E-state index < -0.39 is 58.9 Å². The van der Waals surface area contributed by atoms with E-state index in [1.54, 1.807) is 32.9 Å². The van der Waals surface area contributed by atoms with Crippen LogP contribution in [0.4, 0.5) is 10.5 Å². The van der Waals surface area contributed by atoms with E-state index in [9.17, 15) is 27.9 Å². The first-order valence-electron chi connectivity index (χ1n) is 11.1. The van der Waals surface area contributed by atoms with Gasteiger partial charge in [0.1, 0.15) is 23.9 Å². The average molecular weight is 520 g/mol. The number of aromatic hydroxyl groups is 1. The summed E-state index contributed by atoms with van der Waals surface area (Å²) in [5, 5.41) is 14.5. The van der Waals surface area contributed by atoms with Crippen molar-refractivity contribution in [3.63, 3.8) is 0 Å². The summed E-state index contributed by atoms with van der Waals surface area (Å²) < 4.78 is 35.5. The van der Waals surface area contributed by atoms with Gasteiger partial charge in [-0.1, -0.05) is 17.7 Å². The molecule has 0 radical (unpaired) electrons. The molecular formula is C24H29N3O8S. The Bertz CT molecular complexity index is 1220. The second kappa shape index (κ2) is 10.5. The Morgan fingerprint density at radius 3 is 2.25 bits per heavy atom. The number of phenols is 1. The molecule has 0 spiro atoms. The first kappa shape index (κ1) is 27.0. The van der Waals surface area contributed by atoms with Crippen molar-refractivity contribution in [2.24, 2.45) is 0 Å². The minimum absolute atomic E-state index is 0.0386. The number of anilines is 1. The van der Waals surface area contributed by atoms with Crippen LogP contribution in [0.3, 0.4) is 0 Å². The van der Waals surface area contributed by atoms with Gasteiger partial charge in [-0.15, -0.1) is 0 Å². The lowest BCUT2D eigenvalue weighted by molar-refractivity contribution is -0.134. The number of hydrogen-bond acceptors (Lipinski definition) is 8. The molecule has 2 aromatic rings. The van der Waals surface area contributed by atoms with Gasteiger partial charge in [0, 0.05) is 5.69 Å². The van der Waals surface area contributed by atoms with Gasteiger partial charge in [0.15, 0.2) is 0 Å². The van der Waals surface area contributed by atoms with E-state index in [0.717, 1.165) is 10.5 Å². The van der Waals surface area contributed by atoms with Gasteiger partial charge in [-0.3, -0.25) is 18.7 Å². The largest absolute Gasteiger partial charge is 0.508 e. The van der Waals surface area contributed by atoms with Crippen LogP contribution in [0.1, 0.15) is 26.3 Å². The molecule has 1 fully saturated rings. The van der Waals surface area contributed by atoms with Crippen LogP contribution in [0.2, 0.25) is 0 Å². The predicted molar refractivity (Wildman–Crippen MR) is 130 cm³/mol. The van der Waals surface area contributed by atoms with Gasteiger partial charge in [0.2, 0.25) is 11.8 Å². The molecule has 0 bridgehead atoms. The first-order chi connectivity index (χ1) is 16.8. The summed E-state index contributed by atoms with van der Waals surface area (Å²) >= 11 is 0. The summed E-state index contributed by atoms with van der Waals surface area (Å²) in [5.74, 6) is -1.24. The van der Waals surface area contributed by atoms with E-state index in [0.29, 0.717) is 0 Å². The van der Waals surface area contributed by atoms with Crippen molar-refractivity contribution in [1.82, 2.24) is 10.6 Å². The third-order valence-corrected chi connectivity index (χ3v) is 6.44. The van der Waals surface area contributed by atoms with Gasteiger partial charge in [-0.05, 0) is 64.1 Å². The maximum Gasteiger partial charge on any atom is 0.408 e. The number of phenolic OH excluding ortho intramolecular Hbond substituents is 1. The van der Waals surface area contributed by atoms with Crippen molar-refractivity contribution in [2.75, 3.05) is 18.1 Å². The van der Waals surface area contributed by atoms with Crippen LogP contribution in [-0.4, -0.2) is 62.3 Å². The molecule has 0 aliphatic carbocycles. The number of alkyl carbamates (subject to hydrolysis) is 1. The van der Waals surface area contributed by atoms with Crippen molar-refractivity contribution in [2.45, 2.75) is 50.3 Å². The first-order valence-corrected chi connectivity index (χ1v) is 12.5. The smallest absolute Gasteiger partial charge is 0.408 e. The van der Waals surface area contributed by atoms with E-state index in [2.05, 4.69) is 10.6 Å². The van der Waals surface area contributed by atoms with E-state index in [4.69, 9.17) is 8.92 Å². The average Bonchev–Trinajstić information content (AvgIpc) is 2.78. The van der Waals surface area contributed by atoms with Crippen molar-refractivity contribution < 1.29 is 36.8 Å². The fraction of sp³-hybridized carbons (Fsp3) is 0.375. The maximum absolute atomic E-state index is 13.1. The normalized spacial score (nSPS) is 17.5. The number of carbonyl (C=O) groups excluding carboxylic acids is 3. The summed E-state index contributed by atoms with van der Waals surface area (Å²) in [6.45, 7) is 5.92. The molecule has 194 valence electrons. The van der Waals surface area contributed by atoms with Crippen LogP contribution < -0.4 is 15.5 Å². The Morgan fingerprint density at radius 1 is 1.08 bits per heavy atom. The predicted octanol–water partition coefficient (Wildman–Crippen LogP) is 1.83. The number of carbonyl (C=O) groups is 3. The molecule has 1 aliphatic heterocycles. The molecule has 3 rings (SSSR count). The summed E-state index contributed by atoms with van der Waals surface area (Å²) in [7, 11) is -4.11. The Kier molecular flexibility index (Phi) is 7.89. The van der Waals surface area contributed by atoms with Gasteiger partial charge in [-0.2, -0.15) is 8.42 Å². The van der Waals surface area contributed by atoms with Crippen molar-refractivity contribution >= 4 is 33.7 Å². The second-order valence-electron chi connectivity index (χ2n) is 9.25. The highest BCUT2D eigenvalue weighted by molar-refractivity contribution is 7.86. The number of nitrogens with one attached hydrogen (secondary N) is 2. The molecule has 36 heavy (non-hydrogen) atoms. The number of β-lactam (4-membered cyclic amide) rings is 1.